The number of hydrogen-bond acceptors (Lipinski definition) is 2. The van der Waals surface area contributed by atoms with Gasteiger partial charge in [0.25, 0.3) is 0 Å². The molecule has 0 aromatic carbocycles. The third kappa shape index (κ3) is 2.59. The van der Waals surface area contributed by atoms with Crippen molar-refractivity contribution in [1.29, 1.82) is 0 Å². The summed E-state index contributed by atoms with van der Waals surface area (Å²) in [5.74, 6) is 0.551. The highest BCUT2D eigenvalue weighted by Gasteiger charge is 2.27. The summed E-state index contributed by atoms with van der Waals surface area (Å²) in [7, 11) is 0. The van der Waals surface area contributed by atoms with E-state index in [1.807, 2.05) is 4.90 Å². The minimum atomic E-state index is 0.196. The quantitative estimate of drug-likeness (QED) is 0.660. The summed E-state index contributed by atoms with van der Waals surface area (Å²) >= 11 is 0. The van der Waals surface area contributed by atoms with Gasteiger partial charge in [-0.2, -0.15) is 0 Å². The molecule has 1 heterocycles. The van der Waals surface area contributed by atoms with Crippen LogP contribution in [0.25, 0.3) is 0 Å². The van der Waals surface area contributed by atoms with Crippen LogP contribution in [0.1, 0.15) is 32.1 Å². The highest BCUT2D eigenvalue weighted by molar-refractivity contribution is 5.79. The number of allylic oxidation sites excluding steroid dienone is 2. The van der Waals surface area contributed by atoms with Gasteiger partial charge in [0.15, 0.2) is 0 Å². The van der Waals surface area contributed by atoms with Gasteiger partial charge < -0.3 is 10.6 Å². The number of nitrogens with two attached hydrogens (primary N) is 1. The van der Waals surface area contributed by atoms with E-state index in [0.717, 1.165) is 45.2 Å². The predicted octanol–water partition coefficient (Wildman–Crippen LogP) is 1.29. The summed E-state index contributed by atoms with van der Waals surface area (Å²) < 4.78 is 0. The molecule has 0 radical (unpaired) electrons. The maximum absolute atomic E-state index is 12.1. The minimum Gasteiger partial charge on any atom is -0.341 e. The van der Waals surface area contributed by atoms with E-state index >= 15 is 0 Å². The van der Waals surface area contributed by atoms with Gasteiger partial charge in [-0.15, -0.1) is 0 Å². The van der Waals surface area contributed by atoms with E-state index in [1.54, 1.807) is 0 Å². The lowest BCUT2D eigenvalue weighted by Crippen LogP contribution is -2.47. The van der Waals surface area contributed by atoms with Crippen molar-refractivity contribution in [3.05, 3.63) is 12.2 Å². The zero-order valence-electron chi connectivity index (χ0n) is 9.19. The van der Waals surface area contributed by atoms with Gasteiger partial charge in [0, 0.05) is 25.0 Å². The van der Waals surface area contributed by atoms with Gasteiger partial charge in [-0.05, 0) is 32.1 Å². The van der Waals surface area contributed by atoms with Crippen molar-refractivity contribution >= 4 is 5.91 Å². The second-order valence-electron chi connectivity index (χ2n) is 4.67. The molecule has 2 aliphatic rings. The van der Waals surface area contributed by atoms with Crippen LogP contribution in [0.15, 0.2) is 12.2 Å². The fourth-order valence-corrected chi connectivity index (χ4v) is 2.49. The highest BCUT2D eigenvalue weighted by atomic mass is 16.2. The zero-order valence-corrected chi connectivity index (χ0v) is 9.19. The van der Waals surface area contributed by atoms with Gasteiger partial charge in [0.1, 0.15) is 0 Å². The van der Waals surface area contributed by atoms with Crippen molar-refractivity contribution in [3.63, 3.8) is 0 Å². The molecule has 0 aromatic rings. The first-order valence-corrected chi connectivity index (χ1v) is 5.97. The fourth-order valence-electron chi connectivity index (χ4n) is 2.49. The van der Waals surface area contributed by atoms with E-state index in [2.05, 4.69) is 12.2 Å². The van der Waals surface area contributed by atoms with Crippen molar-refractivity contribution < 1.29 is 4.79 Å². The molecule has 3 heteroatoms. The summed E-state index contributed by atoms with van der Waals surface area (Å²) in [6.07, 6.45) is 9.42. The Hall–Kier alpha value is -0.830. The molecule has 84 valence electrons. The lowest BCUT2D eigenvalue weighted by Gasteiger charge is -2.33. The summed E-state index contributed by atoms with van der Waals surface area (Å²) in [4.78, 5) is 14.1. The molecule has 3 nitrogen and oxygen atoms in total. The van der Waals surface area contributed by atoms with Gasteiger partial charge in [-0.25, -0.2) is 0 Å². The first kappa shape index (κ1) is 10.7. The van der Waals surface area contributed by atoms with Crippen LogP contribution < -0.4 is 5.73 Å². The molecular formula is C12H20N2O. The summed E-state index contributed by atoms with van der Waals surface area (Å²) in [5.41, 5.74) is 5.88. The molecule has 1 aliphatic heterocycles. The average Bonchev–Trinajstić information content (AvgIpc) is 2.29. The average molecular weight is 208 g/mol. The van der Waals surface area contributed by atoms with Gasteiger partial charge in [-0.3, -0.25) is 4.79 Å². The lowest BCUT2D eigenvalue weighted by molar-refractivity contribution is -0.137. The molecule has 1 amide bonds. The number of piperidine rings is 1. The highest BCUT2D eigenvalue weighted by Crippen LogP contribution is 2.22. The van der Waals surface area contributed by atoms with Gasteiger partial charge in [-0.1, -0.05) is 12.2 Å². The van der Waals surface area contributed by atoms with Gasteiger partial charge >= 0.3 is 0 Å². The number of likely N-dealkylation sites (tertiary alicyclic amines) is 1. The van der Waals surface area contributed by atoms with E-state index in [4.69, 9.17) is 5.73 Å². The topological polar surface area (TPSA) is 46.3 Å². The first-order chi connectivity index (χ1) is 7.27. The van der Waals surface area contributed by atoms with Crippen LogP contribution in [-0.4, -0.2) is 29.9 Å². The monoisotopic (exact) mass is 208 g/mol. The normalized spacial score (nSPS) is 31.7. The number of hydrogen-bond donors (Lipinski definition) is 1. The Labute approximate surface area is 91.3 Å². The number of nitrogens with zero attached hydrogens (tertiary/aromatic N) is 1. The number of carbonyl (C=O) groups is 1. The Morgan fingerprint density at radius 2 is 2.20 bits per heavy atom. The standard InChI is InChI=1S/C12H20N2O/c13-11-7-4-8-14(9-11)12(15)10-5-2-1-3-6-10/h1-2,10-11H,3-9,13H2/t10-,11+/m0/s1. The summed E-state index contributed by atoms with van der Waals surface area (Å²) in [6, 6.07) is 0.196. The predicted molar refractivity (Wildman–Crippen MR) is 60.3 cm³/mol. The molecule has 0 saturated carbocycles. The Kier molecular flexibility index (Phi) is 3.41. The van der Waals surface area contributed by atoms with Crippen LogP contribution in [0, 0.1) is 5.92 Å². The second-order valence-corrected chi connectivity index (χ2v) is 4.67. The van der Waals surface area contributed by atoms with Crippen molar-refractivity contribution in [2.24, 2.45) is 11.7 Å². The fraction of sp³-hybridized carbons (Fsp3) is 0.750. The molecule has 2 N–H and O–H groups in total. The number of carbonyl (C=O) groups excluding carboxylic acids is 1. The Bertz CT molecular complexity index is 262. The maximum Gasteiger partial charge on any atom is 0.226 e. The van der Waals surface area contributed by atoms with E-state index in [1.165, 1.54) is 0 Å². The van der Waals surface area contributed by atoms with Crippen LogP contribution in [0.2, 0.25) is 0 Å². The SMILES string of the molecule is N[C@@H]1CCCN(C(=O)[C@H]2CC=CCC2)C1. The lowest BCUT2D eigenvalue weighted by atomic mass is 9.92. The van der Waals surface area contributed by atoms with Crippen LogP contribution in [0.3, 0.4) is 0 Å². The largest absolute Gasteiger partial charge is 0.341 e. The molecule has 0 unspecified atom stereocenters. The number of amides is 1. The van der Waals surface area contributed by atoms with Gasteiger partial charge in [0.2, 0.25) is 5.91 Å². The van der Waals surface area contributed by atoms with E-state index in [-0.39, 0.29) is 12.0 Å². The Morgan fingerprint density at radius 3 is 2.87 bits per heavy atom. The number of rotatable bonds is 1. The molecule has 2 atom stereocenters. The van der Waals surface area contributed by atoms with Crippen molar-refractivity contribution in [3.8, 4) is 0 Å². The minimum absolute atomic E-state index is 0.196. The van der Waals surface area contributed by atoms with Gasteiger partial charge in [0.05, 0.1) is 0 Å². The third-order valence-corrected chi connectivity index (χ3v) is 3.39. The molecular weight excluding hydrogens is 188 g/mol. The summed E-state index contributed by atoms with van der Waals surface area (Å²) in [6.45, 7) is 1.67. The Balaban J connectivity index is 1.91. The van der Waals surface area contributed by atoms with E-state index in [0.29, 0.717) is 5.91 Å². The molecule has 2 rings (SSSR count). The van der Waals surface area contributed by atoms with Crippen LogP contribution in [0.4, 0.5) is 0 Å². The molecule has 0 bridgehead atoms. The van der Waals surface area contributed by atoms with E-state index in [9.17, 15) is 4.79 Å². The summed E-state index contributed by atoms with van der Waals surface area (Å²) in [5, 5.41) is 0. The third-order valence-electron chi connectivity index (χ3n) is 3.39. The van der Waals surface area contributed by atoms with Crippen molar-refractivity contribution in [1.82, 2.24) is 4.90 Å². The Morgan fingerprint density at radius 1 is 1.33 bits per heavy atom. The molecule has 15 heavy (non-hydrogen) atoms. The van der Waals surface area contributed by atoms with Crippen molar-refractivity contribution in [2.75, 3.05) is 13.1 Å². The molecule has 0 aromatic heterocycles. The van der Waals surface area contributed by atoms with Crippen LogP contribution in [-0.2, 0) is 4.79 Å². The van der Waals surface area contributed by atoms with Crippen molar-refractivity contribution in [2.45, 2.75) is 38.1 Å². The molecule has 1 aliphatic carbocycles. The van der Waals surface area contributed by atoms with Crippen LogP contribution in [0.5, 0.6) is 0 Å². The second kappa shape index (κ2) is 4.79. The zero-order chi connectivity index (χ0) is 10.7. The first-order valence-electron chi connectivity index (χ1n) is 5.97. The van der Waals surface area contributed by atoms with Crippen LogP contribution >= 0.6 is 0 Å². The van der Waals surface area contributed by atoms with E-state index < -0.39 is 0 Å². The maximum atomic E-state index is 12.1. The molecule has 0 spiro atoms. The molecule has 1 fully saturated rings. The smallest absolute Gasteiger partial charge is 0.226 e. The molecule has 1 saturated heterocycles.